The van der Waals surface area contributed by atoms with Crippen LogP contribution in [0.1, 0.15) is 15.9 Å². The van der Waals surface area contributed by atoms with Gasteiger partial charge in [0.1, 0.15) is 0 Å². The van der Waals surface area contributed by atoms with Gasteiger partial charge < -0.3 is 5.32 Å². The number of nitrogens with one attached hydrogen (secondary N) is 1. The lowest BCUT2D eigenvalue weighted by molar-refractivity contribution is -0.137. The minimum Gasteiger partial charge on any atom is -0.318 e. The molecule has 6 nitrogen and oxygen atoms in total. The van der Waals surface area contributed by atoms with Crippen molar-refractivity contribution in [3.63, 3.8) is 0 Å². The lowest BCUT2D eigenvalue weighted by Gasteiger charge is -2.11. The van der Waals surface area contributed by atoms with Crippen molar-refractivity contribution in [3.05, 3.63) is 84.3 Å². The maximum atomic E-state index is 13.1. The lowest BCUT2D eigenvalue weighted by Crippen LogP contribution is -2.22. The molecule has 4 rings (SSSR count). The SMILES string of the molecule is O=C(Nc1cncc(-c2cnnc3ccc(C(F)(F)F)cc23)c1)C(=O)c1ccccc1. The van der Waals surface area contributed by atoms with E-state index in [1.165, 1.54) is 42.9 Å². The Kier molecular flexibility index (Phi) is 5.16. The molecular formula is C22H13F3N4O2. The maximum absolute atomic E-state index is 13.1. The minimum atomic E-state index is -4.51. The van der Waals surface area contributed by atoms with Gasteiger partial charge in [-0.2, -0.15) is 23.4 Å². The van der Waals surface area contributed by atoms with Gasteiger partial charge in [-0.3, -0.25) is 14.6 Å². The summed E-state index contributed by atoms with van der Waals surface area (Å²) in [6.07, 6.45) is -0.441. The first kappa shape index (κ1) is 20.1. The fraction of sp³-hybridized carbons (Fsp3) is 0.0455. The number of aromatic nitrogens is 3. The zero-order valence-electron chi connectivity index (χ0n) is 15.7. The first-order valence-corrected chi connectivity index (χ1v) is 9.02. The van der Waals surface area contributed by atoms with Crippen molar-refractivity contribution in [2.75, 3.05) is 5.32 Å². The largest absolute Gasteiger partial charge is 0.416 e. The summed E-state index contributed by atoms with van der Waals surface area (Å²) in [6.45, 7) is 0. The molecule has 31 heavy (non-hydrogen) atoms. The average Bonchev–Trinajstić information content (AvgIpc) is 2.78. The third kappa shape index (κ3) is 4.25. The summed E-state index contributed by atoms with van der Waals surface area (Å²) in [5.74, 6) is -1.58. The van der Waals surface area contributed by atoms with Crippen LogP contribution in [0.25, 0.3) is 22.0 Å². The Morgan fingerprint density at radius 2 is 1.68 bits per heavy atom. The summed E-state index contributed by atoms with van der Waals surface area (Å²) >= 11 is 0. The van der Waals surface area contributed by atoms with Gasteiger partial charge in [0.05, 0.1) is 29.2 Å². The number of nitrogens with zero attached hydrogens (tertiary/aromatic N) is 3. The summed E-state index contributed by atoms with van der Waals surface area (Å²) in [5, 5.41) is 10.4. The third-order valence-electron chi connectivity index (χ3n) is 4.52. The van der Waals surface area contributed by atoms with Crippen LogP contribution in [-0.2, 0) is 11.0 Å². The normalized spacial score (nSPS) is 11.3. The highest BCUT2D eigenvalue weighted by molar-refractivity contribution is 6.46. The molecule has 4 aromatic rings. The standard InChI is InChI=1S/C22H13F3N4O2/c23-22(24,25)15-6-7-19-17(9-15)18(12-27-29-19)14-8-16(11-26-10-14)28-21(31)20(30)13-4-2-1-3-5-13/h1-12H,(H,28,31). The minimum absolute atomic E-state index is 0.212. The maximum Gasteiger partial charge on any atom is 0.416 e. The van der Waals surface area contributed by atoms with Crippen molar-refractivity contribution in [2.45, 2.75) is 6.18 Å². The molecule has 0 fully saturated rings. The van der Waals surface area contributed by atoms with Gasteiger partial charge in [0, 0.05) is 28.3 Å². The highest BCUT2D eigenvalue weighted by Crippen LogP contribution is 2.34. The monoisotopic (exact) mass is 422 g/mol. The Labute approximate surface area is 173 Å². The number of amides is 1. The van der Waals surface area contributed by atoms with Crippen molar-refractivity contribution < 1.29 is 22.8 Å². The zero-order chi connectivity index (χ0) is 22.0. The predicted octanol–water partition coefficient (Wildman–Crippen LogP) is 4.53. The second-order valence-corrected chi connectivity index (χ2v) is 6.60. The molecule has 2 aromatic carbocycles. The van der Waals surface area contributed by atoms with Gasteiger partial charge in [-0.25, -0.2) is 0 Å². The molecule has 0 aliphatic rings. The first-order chi connectivity index (χ1) is 14.8. The molecule has 0 saturated carbocycles. The number of pyridine rings is 1. The summed E-state index contributed by atoms with van der Waals surface area (Å²) in [7, 11) is 0. The molecule has 0 aliphatic carbocycles. The van der Waals surface area contributed by atoms with E-state index < -0.39 is 23.4 Å². The molecule has 1 N–H and O–H groups in total. The van der Waals surface area contributed by atoms with Crippen LogP contribution in [0, 0.1) is 0 Å². The molecule has 2 aromatic heterocycles. The molecule has 0 unspecified atom stereocenters. The highest BCUT2D eigenvalue weighted by atomic mass is 19.4. The molecule has 1 amide bonds. The summed E-state index contributed by atoms with van der Waals surface area (Å²) in [6, 6.07) is 12.7. The summed E-state index contributed by atoms with van der Waals surface area (Å²) < 4.78 is 39.4. The smallest absolute Gasteiger partial charge is 0.318 e. The third-order valence-corrected chi connectivity index (χ3v) is 4.52. The van der Waals surface area contributed by atoms with Crippen molar-refractivity contribution in [2.24, 2.45) is 0 Å². The number of benzene rings is 2. The van der Waals surface area contributed by atoms with E-state index in [0.717, 1.165) is 12.1 Å². The number of anilines is 1. The first-order valence-electron chi connectivity index (χ1n) is 9.02. The Balaban J connectivity index is 1.68. The van der Waals surface area contributed by atoms with Crippen LogP contribution in [0.3, 0.4) is 0 Å². The summed E-state index contributed by atoms with van der Waals surface area (Å²) in [5.41, 5.74) is 0.662. The topological polar surface area (TPSA) is 84.8 Å². The van der Waals surface area contributed by atoms with Gasteiger partial charge in [-0.15, -0.1) is 0 Å². The molecule has 0 aliphatic heterocycles. The van der Waals surface area contributed by atoms with E-state index >= 15 is 0 Å². The van der Waals surface area contributed by atoms with Crippen molar-refractivity contribution in [1.29, 1.82) is 0 Å². The molecule has 0 spiro atoms. The van der Waals surface area contributed by atoms with E-state index in [9.17, 15) is 22.8 Å². The van der Waals surface area contributed by atoms with Crippen LogP contribution in [0.4, 0.5) is 18.9 Å². The number of alkyl halides is 3. The number of halogens is 3. The molecule has 0 atom stereocenters. The second kappa shape index (κ2) is 7.94. The molecule has 9 heteroatoms. The molecule has 0 saturated heterocycles. The van der Waals surface area contributed by atoms with Gasteiger partial charge in [0.25, 0.3) is 11.7 Å². The van der Waals surface area contributed by atoms with Gasteiger partial charge in [-0.1, -0.05) is 30.3 Å². The van der Waals surface area contributed by atoms with Crippen LogP contribution in [0.15, 0.2) is 73.2 Å². The van der Waals surface area contributed by atoms with E-state index in [-0.39, 0.29) is 22.2 Å². The number of rotatable bonds is 4. The van der Waals surface area contributed by atoms with E-state index in [0.29, 0.717) is 11.1 Å². The fourth-order valence-corrected chi connectivity index (χ4v) is 3.03. The van der Waals surface area contributed by atoms with Crippen LogP contribution in [0.5, 0.6) is 0 Å². The number of hydrogen-bond acceptors (Lipinski definition) is 5. The fourth-order valence-electron chi connectivity index (χ4n) is 3.03. The van der Waals surface area contributed by atoms with Crippen LogP contribution in [0.2, 0.25) is 0 Å². The average molecular weight is 422 g/mol. The zero-order valence-corrected chi connectivity index (χ0v) is 15.7. The molecule has 2 heterocycles. The number of fused-ring (bicyclic) bond motifs is 1. The van der Waals surface area contributed by atoms with Crippen LogP contribution < -0.4 is 5.32 Å². The number of ketones is 1. The van der Waals surface area contributed by atoms with E-state index in [1.54, 1.807) is 18.2 Å². The Hall–Kier alpha value is -4.14. The van der Waals surface area contributed by atoms with Crippen molar-refractivity contribution in [3.8, 4) is 11.1 Å². The van der Waals surface area contributed by atoms with Crippen molar-refractivity contribution in [1.82, 2.24) is 15.2 Å². The number of carbonyl (C=O) groups excluding carboxylic acids is 2. The van der Waals surface area contributed by atoms with E-state index in [2.05, 4.69) is 20.5 Å². The number of carbonyl (C=O) groups is 2. The molecular weight excluding hydrogens is 409 g/mol. The highest BCUT2D eigenvalue weighted by Gasteiger charge is 2.30. The van der Waals surface area contributed by atoms with Gasteiger partial charge in [0.15, 0.2) is 0 Å². The van der Waals surface area contributed by atoms with Crippen LogP contribution >= 0.6 is 0 Å². The number of hydrogen-bond donors (Lipinski definition) is 1. The molecule has 0 bridgehead atoms. The predicted molar refractivity (Wildman–Crippen MR) is 107 cm³/mol. The van der Waals surface area contributed by atoms with E-state index in [1.807, 2.05) is 0 Å². The Morgan fingerprint density at radius 1 is 0.903 bits per heavy atom. The van der Waals surface area contributed by atoms with Crippen molar-refractivity contribution >= 4 is 28.3 Å². The second-order valence-electron chi connectivity index (χ2n) is 6.60. The molecule has 0 radical (unpaired) electrons. The van der Waals surface area contributed by atoms with Gasteiger partial charge >= 0.3 is 6.18 Å². The Bertz CT molecular complexity index is 1290. The van der Waals surface area contributed by atoms with Crippen LogP contribution in [-0.4, -0.2) is 26.9 Å². The molecule has 154 valence electrons. The summed E-state index contributed by atoms with van der Waals surface area (Å²) in [4.78, 5) is 28.6. The van der Waals surface area contributed by atoms with Gasteiger partial charge in [-0.05, 0) is 24.3 Å². The lowest BCUT2D eigenvalue weighted by atomic mass is 10.0. The number of Topliss-reactive ketones (excluding diaryl/α,β-unsaturated/α-hetero) is 1. The van der Waals surface area contributed by atoms with E-state index in [4.69, 9.17) is 0 Å². The Morgan fingerprint density at radius 3 is 2.42 bits per heavy atom. The quantitative estimate of drug-likeness (QED) is 0.386. The van der Waals surface area contributed by atoms with Gasteiger partial charge in [0.2, 0.25) is 0 Å².